The molecule has 0 spiro atoms. The third kappa shape index (κ3) is 7.63. The van der Waals surface area contributed by atoms with E-state index in [4.69, 9.17) is 10.5 Å². The number of methoxy groups -OCH3 is 1. The number of rotatable bonds is 13. The van der Waals surface area contributed by atoms with Crippen LogP contribution in [0.15, 0.2) is 60.7 Å². The predicted octanol–water partition coefficient (Wildman–Crippen LogP) is 4.23. The second kappa shape index (κ2) is 14.1. The van der Waals surface area contributed by atoms with Crippen LogP contribution < -0.4 is 11.1 Å². The maximum Gasteiger partial charge on any atom is 0.217 e. The van der Waals surface area contributed by atoms with Crippen LogP contribution in [0.2, 0.25) is 0 Å². The largest absolute Gasteiger partial charge is 0.383 e. The first kappa shape index (κ1) is 33.2. The first-order valence-corrected chi connectivity index (χ1v) is 16.5. The second-order valence-corrected chi connectivity index (χ2v) is 13.9. The first-order chi connectivity index (χ1) is 21.5. The number of hydrogen-bond acceptors (Lipinski definition) is 6. The summed E-state index contributed by atoms with van der Waals surface area (Å²) in [5.74, 6) is -4.30. The van der Waals surface area contributed by atoms with E-state index in [-0.39, 0.29) is 30.6 Å². The van der Waals surface area contributed by atoms with Gasteiger partial charge in [-0.25, -0.2) is 26.0 Å². The molecule has 1 heterocycles. The highest BCUT2D eigenvalue weighted by atomic mass is 32.2. The number of nitrogens with zero attached hydrogens (tertiary/aromatic N) is 1. The molecule has 3 aromatic rings. The normalized spacial score (nSPS) is 20.6. The summed E-state index contributed by atoms with van der Waals surface area (Å²) in [6.45, 7) is 1.05. The smallest absolute Gasteiger partial charge is 0.217 e. The molecule has 0 aromatic heterocycles. The number of hydrogen-bond donors (Lipinski definition) is 2. The lowest BCUT2D eigenvalue weighted by Gasteiger charge is -2.41. The van der Waals surface area contributed by atoms with E-state index in [2.05, 4.69) is 5.32 Å². The van der Waals surface area contributed by atoms with Crippen molar-refractivity contribution < 1.29 is 35.5 Å². The van der Waals surface area contributed by atoms with Gasteiger partial charge in [0.15, 0.2) is 5.78 Å². The zero-order valence-electron chi connectivity index (χ0n) is 24.9. The van der Waals surface area contributed by atoms with E-state index in [1.165, 1.54) is 47.8 Å². The van der Waals surface area contributed by atoms with Gasteiger partial charge in [0.05, 0.1) is 23.9 Å². The highest BCUT2D eigenvalue weighted by Crippen LogP contribution is 2.35. The fourth-order valence-corrected chi connectivity index (χ4v) is 8.51. The molecule has 1 saturated carbocycles. The molecule has 3 aromatic carbocycles. The quantitative estimate of drug-likeness (QED) is 0.270. The monoisotopic (exact) mass is 647 g/mol. The van der Waals surface area contributed by atoms with Crippen molar-refractivity contribution in [2.75, 3.05) is 26.8 Å². The number of sulfonamides is 1. The predicted molar refractivity (Wildman–Crippen MR) is 162 cm³/mol. The standard InChI is InChI=1S/C33H37F4N3O4S/c1-44-19-27-18-39-17-26(40(27)45(42,43)28-10-11-28)9-12-29-21(3-2-4-30(29)37)15-31(41)33(38)32(20-5-7-23(34)8-6-20)22-13-24(35)16-25(36)14-22/h2-8,13-14,16,26-28,32-33,39H,9-12,15,17-19,38H2,1H3/t26-,27?,32-,33+/m0/s1. The number of piperazine rings is 1. The highest BCUT2D eigenvalue weighted by Gasteiger charge is 2.47. The molecule has 0 radical (unpaired) electrons. The summed E-state index contributed by atoms with van der Waals surface area (Å²) in [4.78, 5) is 13.7. The van der Waals surface area contributed by atoms with E-state index in [1.807, 2.05) is 0 Å². The van der Waals surface area contributed by atoms with Crippen LogP contribution in [0.5, 0.6) is 0 Å². The van der Waals surface area contributed by atoms with Crippen LogP contribution in [-0.2, 0) is 32.4 Å². The van der Waals surface area contributed by atoms with Gasteiger partial charge in [-0.15, -0.1) is 0 Å². The number of nitrogens with two attached hydrogens (primary N) is 1. The Hall–Kier alpha value is -3.16. The first-order valence-electron chi connectivity index (χ1n) is 15.0. The number of benzene rings is 3. The fraction of sp³-hybridized carbons (Fsp3) is 0.424. The molecule has 0 bridgehead atoms. The molecule has 12 heteroatoms. The number of halogens is 4. The molecule has 2 aliphatic rings. The lowest BCUT2D eigenvalue weighted by atomic mass is 9.82. The van der Waals surface area contributed by atoms with Gasteiger partial charge in [-0.2, -0.15) is 4.31 Å². The van der Waals surface area contributed by atoms with Crippen molar-refractivity contribution in [1.29, 1.82) is 0 Å². The van der Waals surface area contributed by atoms with Gasteiger partial charge >= 0.3 is 0 Å². The maximum absolute atomic E-state index is 15.3. The van der Waals surface area contributed by atoms with E-state index >= 15 is 4.39 Å². The fourth-order valence-electron chi connectivity index (χ4n) is 6.29. The van der Waals surface area contributed by atoms with E-state index in [1.54, 1.807) is 6.07 Å². The summed E-state index contributed by atoms with van der Waals surface area (Å²) in [5, 5.41) is 2.86. The molecule has 1 saturated heterocycles. The van der Waals surface area contributed by atoms with Crippen LogP contribution in [0.25, 0.3) is 0 Å². The minimum Gasteiger partial charge on any atom is -0.383 e. The van der Waals surface area contributed by atoms with Crippen LogP contribution in [-0.4, -0.2) is 68.7 Å². The minimum atomic E-state index is -3.56. The molecule has 45 heavy (non-hydrogen) atoms. The van der Waals surface area contributed by atoms with Crippen LogP contribution in [0.3, 0.4) is 0 Å². The van der Waals surface area contributed by atoms with Crippen LogP contribution in [0.4, 0.5) is 17.6 Å². The van der Waals surface area contributed by atoms with Crippen LogP contribution >= 0.6 is 0 Å². The summed E-state index contributed by atoms with van der Waals surface area (Å²) in [6.07, 6.45) is 1.40. The molecule has 1 aliphatic carbocycles. The number of Topliss-reactive ketones (excluding diaryl/α,β-unsaturated/α-hetero) is 1. The van der Waals surface area contributed by atoms with Gasteiger partial charge in [0.1, 0.15) is 23.3 Å². The van der Waals surface area contributed by atoms with Crippen molar-refractivity contribution in [3.05, 3.63) is 106 Å². The van der Waals surface area contributed by atoms with E-state index < -0.39 is 68.4 Å². The van der Waals surface area contributed by atoms with Crippen molar-refractivity contribution >= 4 is 15.8 Å². The zero-order valence-corrected chi connectivity index (χ0v) is 25.7. The van der Waals surface area contributed by atoms with Crippen molar-refractivity contribution in [1.82, 2.24) is 9.62 Å². The average Bonchev–Trinajstić information content (AvgIpc) is 3.84. The van der Waals surface area contributed by atoms with E-state index in [9.17, 15) is 26.4 Å². The lowest BCUT2D eigenvalue weighted by molar-refractivity contribution is -0.119. The molecule has 4 atom stereocenters. The Kier molecular flexibility index (Phi) is 10.4. The van der Waals surface area contributed by atoms with Crippen LogP contribution in [0.1, 0.15) is 47.4 Å². The molecule has 2 fully saturated rings. The number of nitrogens with one attached hydrogen (secondary N) is 1. The van der Waals surface area contributed by atoms with Gasteiger partial charge in [0.2, 0.25) is 10.0 Å². The Morgan fingerprint density at radius 1 is 0.956 bits per heavy atom. The van der Waals surface area contributed by atoms with Crippen molar-refractivity contribution in [2.24, 2.45) is 5.73 Å². The molecule has 5 rings (SSSR count). The zero-order chi connectivity index (χ0) is 32.3. The van der Waals surface area contributed by atoms with Gasteiger partial charge in [-0.1, -0.05) is 24.3 Å². The average molecular weight is 648 g/mol. The Bertz CT molecular complexity index is 1600. The van der Waals surface area contributed by atoms with Gasteiger partial charge in [0, 0.05) is 44.6 Å². The summed E-state index contributed by atoms with van der Waals surface area (Å²) < 4.78 is 91.1. The Morgan fingerprint density at radius 3 is 2.27 bits per heavy atom. The van der Waals surface area contributed by atoms with Crippen molar-refractivity contribution in [3.63, 3.8) is 0 Å². The summed E-state index contributed by atoms with van der Waals surface area (Å²) in [6, 6.07) is 10.2. The van der Waals surface area contributed by atoms with Gasteiger partial charge < -0.3 is 15.8 Å². The third-order valence-corrected chi connectivity index (χ3v) is 11.1. The van der Waals surface area contributed by atoms with Gasteiger partial charge in [-0.3, -0.25) is 4.79 Å². The highest BCUT2D eigenvalue weighted by molar-refractivity contribution is 7.90. The summed E-state index contributed by atoms with van der Waals surface area (Å²) >= 11 is 0. The summed E-state index contributed by atoms with van der Waals surface area (Å²) in [5.41, 5.74) is 7.60. The topological polar surface area (TPSA) is 102 Å². The number of ether oxygens (including phenoxy) is 1. The number of carbonyl (C=O) groups is 1. The molecule has 7 nitrogen and oxygen atoms in total. The third-order valence-electron chi connectivity index (χ3n) is 8.59. The second-order valence-electron chi connectivity index (χ2n) is 11.8. The van der Waals surface area contributed by atoms with Crippen molar-refractivity contribution in [3.8, 4) is 0 Å². The Morgan fingerprint density at radius 2 is 1.62 bits per heavy atom. The molecule has 242 valence electrons. The lowest BCUT2D eigenvalue weighted by Crippen LogP contribution is -2.61. The molecule has 0 amide bonds. The molecule has 3 N–H and O–H groups in total. The SMILES string of the molecule is COCC1CNC[C@H](CCc2c(F)cccc2CC(=O)[C@@H](N)[C@@H](c2ccc(F)cc2)c2cc(F)cc(F)c2)N1S(=O)(=O)C1CC1. The molecular formula is C33H37F4N3O4S. The number of ketones is 1. The van der Waals surface area contributed by atoms with Gasteiger partial charge in [-0.05, 0) is 78.3 Å². The Labute approximate surface area is 260 Å². The van der Waals surface area contributed by atoms with Crippen molar-refractivity contribution in [2.45, 2.75) is 61.4 Å². The van der Waals surface area contributed by atoms with Gasteiger partial charge in [0.25, 0.3) is 0 Å². The van der Waals surface area contributed by atoms with E-state index in [0.29, 0.717) is 49.5 Å². The Balaban J connectivity index is 1.39. The van der Waals surface area contributed by atoms with E-state index in [0.717, 1.165) is 12.1 Å². The molecule has 1 unspecified atom stereocenters. The number of carbonyl (C=O) groups excluding carboxylic acids is 1. The maximum atomic E-state index is 15.3. The summed E-state index contributed by atoms with van der Waals surface area (Å²) in [7, 11) is -2.05. The minimum absolute atomic E-state index is 0.104. The molecule has 1 aliphatic heterocycles. The molecular weight excluding hydrogens is 610 g/mol. The van der Waals surface area contributed by atoms with Crippen LogP contribution in [0, 0.1) is 23.3 Å².